The summed E-state index contributed by atoms with van der Waals surface area (Å²) in [4.78, 5) is 21.8. The highest BCUT2D eigenvalue weighted by Crippen LogP contribution is 2.34. The number of H-pyrrole nitrogens is 1. The Morgan fingerprint density at radius 1 is 1.00 bits per heavy atom. The van der Waals surface area contributed by atoms with Crippen LogP contribution in [-0.2, 0) is 4.74 Å². The van der Waals surface area contributed by atoms with Gasteiger partial charge in [0.1, 0.15) is 0 Å². The van der Waals surface area contributed by atoms with E-state index in [0.717, 1.165) is 39.1 Å². The third kappa shape index (κ3) is 3.35. The fraction of sp³-hybridized carbons (Fsp3) is 0.304. The maximum Gasteiger partial charge on any atom is 0.337 e. The van der Waals surface area contributed by atoms with E-state index >= 15 is 0 Å². The summed E-state index contributed by atoms with van der Waals surface area (Å²) in [7, 11) is 1.38. The molecule has 0 saturated heterocycles. The molecule has 1 atom stereocenters. The van der Waals surface area contributed by atoms with Crippen LogP contribution in [0.5, 0.6) is 0 Å². The second-order valence-corrected chi connectivity index (χ2v) is 7.77. The number of nitrogens with zero attached hydrogens (tertiary/aromatic N) is 3. The zero-order chi connectivity index (χ0) is 20.7. The predicted molar refractivity (Wildman–Crippen MR) is 114 cm³/mol. The van der Waals surface area contributed by atoms with Crippen LogP contribution in [0, 0.1) is 12.8 Å². The topological polar surface area (TPSA) is 80.8 Å². The minimum absolute atomic E-state index is 0.199. The lowest BCUT2D eigenvalue weighted by molar-refractivity contribution is 0.0601. The summed E-state index contributed by atoms with van der Waals surface area (Å²) in [6, 6.07) is 11.5. The molecule has 0 aliphatic heterocycles. The molecule has 1 unspecified atom stereocenters. The van der Waals surface area contributed by atoms with E-state index in [9.17, 15) is 4.79 Å². The number of ether oxygens (including phenoxy) is 1. The van der Waals surface area contributed by atoms with Crippen molar-refractivity contribution in [3.63, 3.8) is 0 Å². The van der Waals surface area contributed by atoms with Gasteiger partial charge < -0.3 is 4.74 Å². The van der Waals surface area contributed by atoms with Crippen molar-refractivity contribution in [3.8, 4) is 11.3 Å². The fourth-order valence-corrected chi connectivity index (χ4v) is 3.44. The van der Waals surface area contributed by atoms with Gasteiger partial charge in [0.15, 0.2) is 0 Å². The molecule has 148 valence electrons. The summed E-state index contributed by atoms with van der Waals surface area (Å²) < 4.78 is 4.84. The number of esters is 1. The Morgan fingerprint density at radius 2 is 1.76 bits per heavy atom. The summed E-state index contributed by atoms with van der Waals surface area (Å²) in [5.74, 6) is 0.214. The quantitative estimate of drug-likeness (QED) is 0.496. The molecule has 0 saturated carbocycles. The van der Waals surface area contributed by atoms with E-state index < -0.39 is 0 Å². The number of nitrogens with one attached hydrogen (secondary N) is 1. The van der Waals surface area contributed by atoms with Gasteiger partial charge in [0.2, 0.25) is 0 Å². The molecule has 0 aliphatic carbocycles. The summed E-state index contributed by atoms with van der Waals surface area (Å²) in [5, 5.41) is 8.43. The van der Waals surface area contributed by atoms with Crippen LogP contribution in [-0.4, -0.2) is 33.2 Å². The Hall–Kier alpha value is -3.28. The molecular weight excluding hydrogens is 364 g/mol. The standard InChI is InChI=1S/C23H24N4O2/c1-12(2)13(3)21-22(15-6-8-18-17(10-15)14(4)26-27-18)24-19-9-7-16(23(28)29-5)11-20(19)25-21/h6-13H,1-5H3,(H,26,27). The number of carbonyl (C=O) groups excluding carboxylic acids is 1. The van der Waals surface area contributed by atoms with Gasteiger partial charge in [-0.25, -0.2) is 14.8 Å². The van der Waals surface area contributed by atoms with Crippen LogP contribution < -0.4 is 0 Å². The fourth-order valence-electron chi connectivity index (χ4n) is 3.44. The molecule has 0 amide bonds. The van der Waals surface area contributed by atoms with Crippen molar-refractivity contribution in [1.82, 2.24) is 20.2 Å². The molecule has 4 rings (SSSR count). The van der Waals surface area contributed by atoms with Crippen molar-refractivity contribution in [2.24, 2.45) is 5.92 Å². The monoisotopic (exact) mass is 388 g/mol. The minimum atomic E-state index is -0.378. The average Bonchev–Trinajstić information content (AvgIpc) is 3.11. The molecule has 2 aromatic carbocycles. The van der Waals surface area contributed by atoms with E-state index in [1.165, 1.54) is 7.11 Å². The Bertz CT molecular complexity index is 1230. The lowest BCUT2D eigenvalue weighted by atomic mass is 9.90. The van der Waals surface area contributed by atoms with Crippen molar-refractivity contribution in [2.75, 3.05) is 7.11 Å². The van der Waals surface area contributed by atoms with Crippen molar-refractivity contribution in [1.29, 1.82) is 0 Å². The zero-order valence-electron chi connectivity index (χ0n) is 17.3. The van der Waals surface area contributed by atoms with Gasteiger partial charge in [-0.3, -0.25) is 5.10 Å². The van der Waals surface area contributed by atoms with Gasteiger partial charge in [-0.1, -0.05) is 26.8 Å². The second kappa shape index (κ2) is 7.28. The molecule has 29 heavy (non-hydrogen) atoms. The molecule has 6 nitrogen and oxygen atoms in total. The summed E-state index contributed by atoms with van der Waals surface area (Å²) >= 11 is 0. The molecule has 4 aromatic rings. The van der Waals surface area contributed by atoms with E-state index in [1.807, 2.05) is 25.1 Å². The van der Waals surface area contributed by atoms with Crippen LogP contribution in [0.15, 0.2) is 36.4 Å². The Labute approximate surface area is 169 Å². The number of methoxy groups -OCH3 is 1. The summed E-state index contributed by atoms with van der Waals surface area (Å²) in [6.07, 6.45) is 0. The van der Waals surface area contributed by atoms with Gasteiger partial charge in [0, 0.05) is 22.6 Å². The van der Waals surface area contributed by atoms with Crippen molar-refractivity contribution in [2.45, 2.75) is 33.6 Å². The van der Waals surface area contributed by atoms with E-state index in [1.54, 1.807) is 12.1 Å². The third-order valence-electron chi connectivity index (χ3n) is 5.56. The molecule has 6 heteroatoms. The second-order valence-electron chi connectivity index (χ2n) is 7.77. The largest absolute Gasteiger partial charge is 0.465 e. The molecule has 2 heterocycles. The van der Waals surface area contributed by atoms with E-state index in [2.05, 4.69) is 37.0 Å². The number of rotatable bonds is 4. The summed E-state index contributed by atoms with van der Waals surface area (Å²) in [6.45, 7) is 8.52. The van der Waals surface area contributed by atoms with E-state index in [0.29, 0.717) is 17.0 Å². The first-order valence-corrected chi connectivity index (χ1v) is 9.74. The van der Waals surface area contributed by atoms with Crippen LogP contribution >= 0.6 is 0 Å². The number of carbonyl (C=O) groups is 1. The van der Waals surface area contributed by atoms with Gasteiger partial charge in [-0.2, -0.15) is 5.10 Å². The Kier molecular flexibility index (Phi) is 4.78. The molecule has 0 radical (unpaired) electrons. The van der Waals surface area contributed by atoms with Gasteiger partial charge in [-0.05, 0) is 43.2 Å². The number of aryl methyl sites for hydroxylation is 1. The molecule has 0 aliphatic rings. The first kappa shape index (κ1) is 19.1. The van der Waals surface area contributed by atoms with E-state index in [4.69, 9.17) is 14.7 Å². The summed E-state index contributed by atoms with van der Waals surface area (Å²) in [5.41, 5.74) is 6.67. The smallest absolute Gasteiger partial charge is 0.337 e. The Balaban J connectivity index is 1.96. The van der Waals surface area contributed by atoms with E-state index in [-0.39, 0.29) is 11.9 Å². The Morgan fingerprint density at radius 3 is 2.48 bits per heavy atom. The molecule has 1 N–H and O–H groups in total. The van der Waals surface area contributed by atoms with Crippen LogP contribution in [0.3, 0.4) is 0 Å². The number of fused-ring (bicyclic) bond motifs is 2. The molecule has 0 bridgehead atoms. The number of aromatic nitrogens is 4. The highest BCUT2D eigenvalue weighted by Gasteiger charge is 2.21. The highest BCUT2D eigenvalue weighted by atomic mass is 16.5. The maximum atomic E-state index is 11.9. The maximum absolute atomic E-state index is 11.9. The highest BCUT2D eigenvalue weighted by molar-refractivity contribution is 5.94. The van der Waals surface area contributed by atoms with Crippen LogP contribution in [0.4, 0.5) is 0 Å². The number of hydrogen-bond acceptors (Lipinski definition) is 5. The van der Waals surface area contributed by atoms with Crippen LogP contribution in [0.2, 0.25) is 0 Å². The van der Waals surface area contributed by atoms with Crippen molar-refractivity contribution < 1.29 is 9.53 Å². The van der Waals surface area contributed by atoms with Crippen LogP contribution in [0.1, 0.15) is 48.4 Å². The minimum Gasteiger partial charge on any atom is -0.465 e. The average molecular weight is 388 g/mol. The first-order chi connectivity index (χ1) is 13.9. The van der Waals surface area contributed by atoms with Gasteiger partial charge in [-0.15, -0.1) is 0 Å². The predicted octanol–water partition coefficient (Wildman–Crippen LogP) is 5.03. The van der Waals surface area contributed by atoms with Gasteiger partial charge in [0.05, 0.1) is 40.6 Å². The first-order valence-electron chi connectivity index (χ1n) is 9.74. The molecule has 0 spiro atoms. The lowest BCUT2D eigenvalue weighted by Gasteiger charge is -2.19. The number of hydrogen-bond donors (Lipinski definition) is 1. The van der Waals surface area contributed by atoms with Crippen LogP contribution in [0.25, 0.3) is 33.2 Å². The number of benzene rings is 2. The van der Waals surface area contributed by atoms with Gasteiger partial charge >= 0.3 is 5.97 Å². The van der Waals surface area contributed by atoms with Gasteiger partial charge in [0.25, 0.3) is 0 Å². The van der Waals surface area contributed by atoms with Crippen molar-refractivity contribution >= 4 is 27.9 Å². The molecular formula is C23H24N4O2. The molecule has 0 fully saturated rings. The zero-order valence-corrected chi connectivity index (χ0v) is 17.3. The molecule has 2 aromatic heterocycles. The SMILES string of the molecule is COC(=O)c1ccc2nc(-c3ccc4n[nH]c(C)c4c3)c(C(C)C(C)C)nc2c1. The number of aromatic amines is 1. The lowest BCUT2D eigenvalue weighted by Crippen LogP contribution is -2.09. The normalized spacial score (nSPS) is 12.6. The van der Waals surface area contributed by atoms with Crippen molar-refractivity contribution in [3.05, 3.63) is 53.3 Å². The third-order valence-corrected chi connectivity index (χ3v) is 5.56.